The molecule has 1 aromatic carbocycles. The van der Waals surface area contributed by atoms with Gasteiger partial charge in [0.05, 0.1) is 25.9 Å². The molecule has 86 valence electrons. The summed E-state index contributed by atoms with van der Waals surface area (Å²) in [5.41, 5.74) is 2.06. The second kappa shape index (κ2) is 4.05. The number of allylic oxidation sites excluding steroid dienone is 1. The molecule has 4 heteroatoms. The lowest BCUT2D eigenvalue weighted by Crippen LogP contribution is -2.25. The van der Waals surface area contributed by atoms with E-state index in [1.165, 1.54) is 0 Å². The van der Waals surface area contributed by atoms with Crippen molar-refractivity contribution in [2.24, 2.45) is 10.1 Å². The van der Waals surface area contributed by atoms with Crippen molar-refractivity contribution in [1.82, 2.24) is 5.01 Å². The largest absolute Gasteiger partial charge is 0.497 e. The van der Waals surface area contributed by atoms with Crippen molar-refractivity contribution < 1.29 is 4.74 Å². The summed E-state index contributed by atoms with van der Waals surface area (Å²) in [5, 5.41) is 6.51. The lowest BCUT2D eigenvalue weighted by molar-refractivity contribution is 0.415. The molecule has 17 heavy (non-hydrogen) atoms. The van der Waals surface area contributed by atoms with Crippen LogP contribution in [0.1, 0.15) is 5.56 Å². The summed E-state index contributed by atoms with van der Waals surface area (Å²) in [4.78, 5) is 4.34. The van der Waals surface area contributed by atoms with Crippen molar-refractivity contribution in [3.63, 3.8) is 0 Å². The van der Waals surface area contributed by atoms with Gasteiger partial charge in [0.25, 0.3) is 0 Å². The normalized spacial score (nSPS) is 17.6. The van der Waals surface area contributed by atoms with Gasteiger partial charge in [0.1, 0.15) is 11.6 Å². The summed E-state index contributed by atoms with van der Waals surface area (Å²) in [7, 11) is 1.67. The van der Waals surface area contributed by atoms with Gasteiger partial charge in [-0.25, -0.2) is 5.01 Å². The molecule has 0 unspecified atom stereocenters. The van der Waals surface area contributed by atoms with Gasteiger partial charge >= 0.3 is 0 Å². The van der Waals surface area contributed by atoms with Crippen molar-refractivity contribution in [1.29, 1.82) is 0 Å². The minimum absolute atomic E-state index is 0.832. The van der Waals surface area contributed by atoms with Gasteiger partial charge in [0.2, 0.25) is 0 Å². The van der Waals surface area contributed by atoms with Gasteiger partial charge in [0.15, 0.2) is 0 Å². The minimum atomic E-state index is 0.832. The molecule has 3 rings (SSSR count). The van der Waals surface area contributed by atoms with Crippen LogP contribution >= 0.6 is 0 Å². The first-order valence-electron chi connectivity index (χ1n) is 5.60. The molecule has 0 N–H and O–H groups in total. The number of methoxy groups -OCH3 is 1. The van der Waals surface area contributed by atoms with Crippen molar-refractivity contribution in [2.45, 2.75) is 0 Å². The summed E-state index contributed by atoms with van der Waals surface area (Å²) in [6.07, 6.45) is 4.02. The fraction of sp³-hybridized carbons (Fsp3) is 0.231. The zero-order chi connectivity index (χ0) is 11.7. The molecule has 2 heterocycles. The highest BCUT2D eigenvalue weighted by atomic mass is 16.5. The molecule has 0 spiro atoms. The first-order chi connectivity index (χ1) is 8.36. The van der Waals surface area contributed by atoms with Gasteiger partial charge in [-0.2, -0.15) is 5.10 Å². The molecule has 0 amide bonds. The monoisotopic (exact) mass is 227 g/mol. The van der Waals surface area contributed by atoms with Gasteiger partial charge in [-0.15, -0.1) is 0 Å². The summed E-state index contributed by atoms with van der Waals surface area (Å²) < 4.78 is 5.14. The molecule has 4 nitrogen and oxygen atoms in total. The Hall–Kier alpha value is -2.10. The van der Waals surface area contributed by atoms with Crippen LogP contribution in [0.5, 0.6) is 5.75 Å². The number of ether oxygens (including phenoxy) is 1. The molecule has 0 atom stereocenters. The fourth-order valence-corrected chi connectivity index (χ4v) is 1.93. The van der Waals surface area contributed by atoms with Crippen LogP contribution in [0.25, 0.3) is 0 Å². The van der Waals surface area contributed by atoms with E-state index in [0.717, 1.165) is 35.9 Å². The van der Waals surface area contributed by atoms with E-state index in [4.69, 9.17) is 4.74 Å². The van der Waals surface area contributed by atoms with Crippen LogP contribution in [0.15, 0.2) is 46.5 Å². The number of hydrogen-bond donors (Lipinski definition) is 0. The molecule has 2 aliphatic rings. The van der Waals surface area contributed by atoms with Crippen LogP contribution in [-0.2, 0) is 0 Å². The Kier molecular flexibility index (Phi) is 2.40. The number of benzene rings is 1. The SMILES string of the molecule is COc1ccc(C2=NN3CCN=C3C=C2)cc1. The van der Waals surface area contributed by atoms with Crippen LogP contribution in [0.3, 0.4) is 0 Å². The Labute approximate surface area is 99.9 Å². The van der Waals surface area contributed by atoms with Gasteiger partial charge in [0, 0.05) is 5.56 Å². The van der Waals surface area contributed by atoms with Crippen molar-refractivity contribution >= 4 is 11.5 Å². The van der Waals surface area contributed by atoms with E-state index in [1.807, 2.05) is 41.4 Å². The summed E-state index contributed by atoms with van der Waals surface area (Å²) in [6.45, 7) is 1.71. The van der Waals surface area contributed by atoms with E-state index in [-0.39, 0.29) is 0 Å². The van der Waals surface area contributed by atoms with Crippen LogP contribution < -0.4 is 4.74 Å². The minimum Gasteiger partial charge on any atom is -0.497 e. The molecule has 2 aliphatic heterocycles. The van der Waals surface area contributed by atoms with Crippen LogP contribution in [0.2, 0.25) is 0 Å². The zero-order valence-corrected chi connectivity index (χ0v) is 9.63. The Bertz CT molecular complexity index is 514. The van der Waals surface area contributed by atoms with Crippen molar-refractivity contribution in [3.8, 4) is 5.75 Å². The molecule has 0 fully saturated rings. The highest BCUT2D eigenvalue weighted by molar-refractivity contribution is 6.14. The number of rotatable bonds is 2. The molecule has 1 aromatic rings. The van der Waals surface area contributed by atoms with E-state index < -0.39 is 0 Å². The highest BCUT2D eigenvalue weighted by Gasteiger charge is 2.18. The standard InChI is InChI=1S/C13H13N3O/c1-17-11-4-2-10(3-5-11)12-6-7-13-14-8-9-16(13)15-12/h2-7H,8-9H2,1H3. The first kappa shape index (κ1) is 10.1. The zero-order valence-electron chi connectivity index (χ0n) is 9.63. The Morgan fingerprint density at radius 1 is 1.18 bits per heavy atom. The molecule has 0 saturated carbocycles. The van der Waals surface area contributed by atoms with Crippen molar-refractivity contribution in [3.05, 3.63) is 42.0 Å². The maximum Gasteiger partial charge on any atom is 0.144 e. The van der Waals surface area contributed by atoms with Gasteiger partial charge in [-0.3, -0.25) is 4.99 Å². The van der Waals surface area contributed by atoms with E-state index in [2.05, 4.69) is 10.1 Å². The predicted octanol–water partition coefficient (Wildman–Crippen LogP) is 1.68. The van der Waals surface area contributed by atoms with Gasteiger partial charge in [-0.1, -0.05) is 0 Å². The van der Waals surface area contributed by atoms with E-state index in [9.17, 15) is 0 Å². The number of hydrogen-bond acceptors (Lipinski definition) is 4. The van der Waals surface area contributed by atoms with E-state index in [1.54, 1.807) is 7.11 Å². The molecule has 0 bridgehead atoms. The summed E-state index contributed by atoms with van der Waals surface area (Å²) >= 11 is 0. The molecular formula is C13H13N3O. The number of fused-ring (bicyclic) bond motifs is 1. The molecular weight excluding hydrogens is 214 g/mol. The maximum absolute atomic E-state index is 5.14. The van der Waals surface area contributed by atoms with Crippen LogP contribution in [-0.4, -0.2) is 36.8 Å². The first-order valence-corrected chi connectivity index (χ1v) is 5.60. The highest BCUT2D eigenvalue weighted by Crippen LogP contribution is 2.16. The third-order valence-corrected chi connectivity index (χ3v) is 2.85. The van der Waals surface area contributed by atoms with E-state index >= 15 is 0 Å². The van der Waals surface area contributed by atoms with Gasteiger partial charge < -0.3 is 4.74 Å². The number of aliphatic imine (C=N–C) groups is 1. The lowest BCUT2D eigenvalue weighted by Gasteiger charge is -2.17. The summed E-state index contributed by atoms with van der Waals surface area (Å²) in [6, 6.07) is 7.92. The quantitative estimate of drug-likeness (QED) is 0.771. The van der Waals surface area contributed by atoms with Crippen molar-refractivity contribution in [2.75, 3.05) is 20.2 Å². The fourth-order valence-electron chi connectivity index (χ4n) is 1.93. The average Bonchev–Trinajstić information content (AvgIpc) is 2.86. The summed E-state index contributed by atoms with van der Waals surface area (Å²) in [5.74, 6) is 1.82. The topological polar surface area (TPSA) is 37.2 Å². The number of hydrazone groups is 1. The predicted molar refractivity (Wildman–Crippen MR) is 67.7 cm³/mol. The van der Waals surface area contributed by atoms with Gasteiger partial charge in [-0.05, 0) is 36.4 Å². The molecule has 0 aliphatic carbocycles. The van der Waals surface area contributed by atoms with E-state index in [0.29, 0.717) is 0 Å². The Morgan fingerprint density at radius 3 is 2.76 bits per heavy atom. The third-order valence-electron chi connectivity index (χ3n) is 2.85. The third kappa shape index (κ3) is 1.82. The van der Waals surface area contributed by atoms with Crippen LogP contribution in [0, 0.1) is 0 Å². The molecule has 0 saturated heterocycles. The second-order valence-electron chi connectivity index (χ2n) is 3.91. The molecule has 0 radical (unpaired) electrons. The number of nitrogens with zero attached hydrogens (tertiary/aromatic N) is 3. The second-order valence-corrected chi connectivity index (χ2v) is 3.91. The maximum atomic E-state index is 5.14. The van der Waals surface area contributed by atoms with Crippen LogP contribution in [0.4, 0.5) is 0 Å². The average molecular weight is 227 g/mol. The number of amidine groups is 1. The smallest absolute Gasteiger partial charge is 0.144 e. The Balaban J connectivity index is 1.89. The molecule has 0 aromatic heterocycles. The lowest BCUT2D eigenvalue weighted by atomic mass is 10.1. The Morgan fingerprint density at radius 2 is 2.00 bits per heavy atom.